The Kier molecular flexibility index (Phi) is 3.00. The fourth-order valence-electron chi connectivity index (χ4n) is 2.50. The molecule has 0 bridgehead atoms. The molecule has 0 saturated heterocycles. The molecular formula is C16H14FN3OS. The predicted molar refractivity (Wildman–Crippen MR) is 84.1 cm³/mol. The molecule has 1 aromatic carbocycles. The number of rotatable bonds is 3. The number of benzene rings is 1. The van der Waals surface area contributed by atoms with Crippen molar-refractivity contribution in [3.8, 4) is 5.00 Å². The Morgan fingerprint density at radius 3 is 2.95 bits per heavy atom. The second kappa shape index (κ2) is 4.91. The number of hydrogen-bond acceptors (Lipinski definition) is 3. The highest BCUT2D eigenvalue weighted by Crippen LogP contribution is 2.28. The molecule has 0 radical (unpaired) electrons. The number of amides is 1. The standard InChI is InChI=1S/C16H14FN3OS/c1-9-18-12-5-2-10(17)8-13(12)20(9)15-7-6-14(22-15)16(21)19-11-3-4-11/h2,5-8,11H,3-4H2,1H3,(H,19,21). The lowest BCUT2D eigenvalue weighted by atomic mass is 10.3. The van der Waals surface area contributed by atoms with Gasteiger partial charge in [0.15, 0.2) is 0 Å². The zero-order chi connectivity index (χ0) is 15.3. The van der Waals surface area contributed by atoms with Gasteiger partial charge in [-0.1, -0.05) is 0 Å². The van der Waals surface area contributed by atoms with Gasteiger partial charge in [-0.2, -0.15) is 0 Å². The molecule has 1 amide bonds. The summed E-state index contributed by atoms with van der Waals surface area (Å²) in [6.07, 6.45) is 2.13. The van der Waals surface area contributed by atoms with Crippen LogP contribution in [0.25, 0.3) is 16.0 Å². The minimum Gasteiger partial charge on any atom is -0.349 e. The van der Waals surface area contributed by atoms with E-state index < -0.39 is 0 Å². The molecule has 22 heavy (non-hydrogen) atoms. The fraction of sp³-hybridized carbons (Fsp3) is 0.250. The molecule has 0 unspecified atom stereocenters. The van der Waals surface area contributed by atoms with Crippen LogP contribution >= 0.6 is 11.3 Å². The fourth-order valence-corrected chi connectivity index (χ4v) is 3.47. The molecule has 4 rings (SSSR count). The van der Waals surface area contributed by atoms with Crippen molar-refractivity contribution in [3.63, 3.8) is 0 Å². The van der Waals surface area contributed by atoms with E-state index in [1.54, 1.807) is 6.07 Å². The highest BCUT2D eigenvalue weighted by atomic mass is 32.1. The van der Waals surface area contributed by atoms with E-state index in [1.165, 1.54) is 23.5 Å². The first kappa shape index (κ1) is 13.5. The number of aromatic nitrogens is 2. The Labute approximate surface area is 130 Å². The van der Waals surface area contributed by atoms with Crippen LogP contribution in [0.4, 0.5) is 4.39 Å². The number of carbonyl (C=O) groups is 1. The first-order valence-corrected chi connectivity index (χ1v) is 7.99. The van der Waals surface area contributed by atoms with Crippen molar-refractivity contribution in [1.29, 1.82) is 0 Å². The third-order valence-corrected chi connectivity index (χ3v) is 4.80. The van der Waals surface area contributed by atoms with E-state index in [4.69, 9.17) is 0 Å². The van der Waals surface area contributed by atoms with Crippen molar-refractivity contribution in [2.75, 3.05) is 0 Å². The Bertz CT molecular complexity index is 879. The monoisotopic (exact) mass is 315 g/mol. The summed E-state index contributed by atoms with van der Waals surface area (Å²) in [5.41, 5.74) is 1.46. The maximum absolute atomic E-state index is 13.5. The molecule has 2 heterocycles. The van der Waals surface area contributed by atoms with Gasteiger partial charge in [-0.25, -0.2) is 9.37 Å². The normalized spacial score (nSPS) is 14.5. The molecule has 112 valence electrons. The van der Waals surface area contributed by atoms with Crippen molar-refractivity contribution in [3.05, 3.63) is 46.9 Å². The van der Waals surface area contributed by atoms with Crippen molar-refractivity contribution in [2.24, 2.45) is 0 Å². The van der Waals surface area contributed by atoms with Crippen LogP contribution in [-0.4, -0.2) is 21.5 Å². The lowest BCUT2D eigenvalue weighted by molar-refractivity contribution is 0.0955. The molecule has 1 N–H and O–H groups in total. The van der Waals surface area contributed by atoms with Crippen LogP contribution < -0.4 is 5.32 Å². The van der Waals surface area contributed by atoms with E-state index in [0.717, 1.165) is 29.2 Å². The highest BCUT2D eigenvalue weighted by molar-refractivity contribution is 7.16. The number of imidazole rings is 1. The predicted octanol–water partition coefficient (Wildman–Crippen LogP) is 3.43. The van der Waals surface area contributed by atoms with Gasteiger partial charge in [0.1, 0.15) is 16.6 Å². The number of fused-ring (bicyclic) bond motifs is 1. The zero-order valence-electron chi connectivity index (χ0n) is 12.0. The maximum Gasteiger partial charge on any atom is 0.261 e. The van der Waals surface area contributed by atoms with E-state index in [-0.39, 0.29) is 11.7 Å². The van der Waals surface area contributed by atoms with Gasteiger partial charge in [0.25, 0.3) is 5.91 Å². The zero-order valence-corrected chi connectivity index (χ0v) is 12.8. The molecule has 3 aromatic rings. The number of carbonyl (C=O) groups excluding carboxylic acids is 1. The first-order valence-electron chi connectivity index (χ1n) is 7.17. The summed E-state index contributed by atoms with van der Waals surface area (Å²) in [4.78, 5) is 17.2. The third-order valence-electron chi connectivity index (χ3n) is 3.73. The number of hydrogen-bond donors (Lipinski definition) is 1. The second-order valence-electron chi connectivity index (χ2n) is 5.51. The molecule has 0 spiro atoms. The molecule has 1 saturated carbocycles. The Morgan fingerprint density at radius 2 is 2.18 bits per heavy atom. The summed E-state index contributed by atoms with van der Waals surface area (Å²) >= 11 is 1.39. The van der Waals surface area contributed by atoms with Crippen LogP contribution in [-0.2, 0) is 0 Å². The SMILES string of the molecule is Cc1nc2ccc(F)cc2n1-c1ccc(C(=O)NC2CC2)s1. The Balaban J connectivity index is 1.75. The van der Waals surface area contributed by atoms with Crippen LogP contribution in [0.2, 0.25) is 0 Å². The van der Waals surface area contributed by atoms with Gasteiger partial charge in [0.2, 0.25) is 0 Å². The Hall–Kier alpha value is -2.21. The van der Waals surface area contributed by atoms with Crippen LogP contribution in [0.5, 0.6) is 0 Å². The maximum atomic E-state index is 13.5. The van der Waals surface area contributed by atoms with Crippen molar-refractivity contribution >= 4 is 28.3 Å². The summed E-state index contributed by atoms with van der Waals surface area (Å²) in [6.45, 7) is 1.88. The van der Waals surface area contributed by atoms with Gasteiger partial charge in [0, 0.05) is 12.1 Å². The summed E-state index contributed by atoms with van der Waals surface area (Å²) in [6, 6.07) is 8.57. The number of nitrogens with one attached hydrogen (secondary N) is 1. The van der Waals surface area contributed by atoms with Gasteiger partial charge >= 0.3 is 0 Å². The van der Waals surface area contributed by atoms with Gasteiger partial charge in [-0.3, -0.25) is 9.36 Å². The van der Waals surface area contributed by atoms with Crippen molar-refractivity contribution in [2.45, 2.75) is 25.8 Å². The van der Waals surface area contributed by atoms with E-state index in [9.17, 15) is 9.18 Å². The minimum atomic E-state index is -0.295. The summed E-state index contributed by atoms with van der Waals surface area (Å²) in [7, 11) is 0. The van der Waals surface area contributed by atoms with Gasteiger partial charge in [-0.15, -0.1) is 11.3 Å². The van der Waals surface area contributed by atoms with Gasteiger partial charge in [-0.05, 0) is 44.0 Å². The Morgan fingerprint density at radius 1 is 1.36 bits per heavy atom. The largest absolute Gasteiger partial charge is 0.349 e. The lowest BCUT2D eigenvalue weighted by Crippen LogP contribution is -2.24. The van der Waals surface area contributed by atoms with Crippen molar-refractivity contribution < 1.29 is 9.18 Å². The average molecular weight is 315 g/mol. The number of nitrogens with zero attached hydrogens (tertiary/aromatic N) is 2. The molecule has 2 aromatic heterocycles. The quantitative estimate of drug-likeness (QED) is 0.805. The van der Waals surface area contributed by atoms with Crippen LogP contribution in [0.1, 0.15) is 28.3 Å². The summed E-state index contributed by atoms with van der Waals surface area (Å²) in [5, 5.41) is 3.84. The first-order chi connectivity index (χ1) is 10.6. The molecule has 1 fully saturated rings. The van der Waals surface area contributed by atoms with E-state index in [2.05, 4.69) is 10.3 Å². The van der Waals surface area contributed by atoms with Crippen LogP contribution in [0, 0.1) is 12.7 Å². The van der Waals surface area contributed by atoms with Crippen molar-refractivity contribution in [1.82, 2.24) is 14.9 Å². The molecule has 1 aliphatic carbocycles. The van der Waals surface area contributed by atoms with E-state index in [1.807, 2.05) is 23.6 Å². The molecule has 1 aliphatic rings. The van der Waals surface area contributed by atoms with Gasteiger partial charge < -0.3 is 5.32 Å². The average Bonchev–Trinajstić information content (AvgIpc) is 3.05. The lowest BCUT2D eigenvalue weighted by Gasteiger charge is -2.03. The third kappa shape index (κ3) is 2.29. The minimum absolute atomic E-state index is 0.0352. The van der Waals surface area contributed by atoms with Gasteiger partial charge in [0.05, 0.1) is 15.9 Å². The van der Waals surface area contributed by atoms with Crippen LogP contribution in [0.3, 0.4) is 0 Å². The number of thiophene rings is 1. The molecule has 6 heteroatoms. The van der Waals surface area contributed by atoms with E-state index >= 15 is 0 Å². The highest BCUT2D eigenvalue weighted by Gasteiger charge is 2.24. The summed E-state index contributed by atoms with van der Waals surface area (Å²) < 4.78 is 15.4. The summed E-state index contributed by atoms with van der Waals surface area (Å²) in [5.74, 6) is 0.445. The number of aryl methyl sites for hydroxylation is 1. The smallest absolute Gasteiger partial charge is 0.261 e. The van der Waals surface area contributed by atoms with Crippen LogP contribution in [0.15, 0.2) is 30.3 Å². The second-order valence-corrected chi connectivity index (χ2v) is 6.58. The molecular weight excluding hydrogens is 301 g/mol. The molecule has 0 aliphatic heterocycles. The molecule has 4 nitrogen and oxygen atoms in total. The van der Waals surface area contributed by atoms with E-state index in [0.29, 0.717) is 16.4 Å². The molecule has 0 atom stereocenters. The number of halogens is 1. The topological polar surface area (TPSA) is 46.9 Å².